The van der Waals surface area contributed by atoms with E-state index in [2.05, 4.69) is 112 Å². The van der Waals surface area contributed by atoms with E-state index in [9.17, 15) is 33.6 Å². The number of anilines is 8. The van der Waals surface area contributed by atoms with Crippen molar-refractivity contribution in [3.63, 3.8) is 0 Å². The van der Waals surface area contributed by atoms with E-state index in [4.69, 9.17) is 4.42 Å². The van der Waals surface area contributed by atoms with E-state index in [0.29, 0.717) is 42.4 Å². The summed E-state index contributed by atoms with van der Waals surface area (Å²) in [5.74, 6) is 0.682. The Hall–Kier alpha value is -17.6. The van der Waals surface area contributed by atoms with Crippen molar-refractivity contribution in [2.75, 3.05) is 54.0 Å². The molecule has 1 fully saturated rings. The van der Waals surface area contributed by atoms with Crippen molar-refractivity contribution in [1.82, 2.24) is 83.2 Å². The number of piperazine rings is 1. The van der Waals surface area contributed by atoms with E-state index >= 15 is 0 Å². The number of nitrogens with one attached hydrogen (secondary N) is 10. The van der Waals surface area contributed by atoms with Crippen LogP contribution in [0.2, 0.25) is 0 Å². The Morgan fingerprint density at radius 3 is 1.29 bits per heavy atom. The molecule has 6 aromatic carbocycles. The molecule has 666 valence electrons. The lowest BCUT2D eigenvalue weighted by Gasteiger charge is -2.37. The number of hydrogen-bond donors (Lipinski definition) is 10. The van der Waals surface area contributed by atoms with Gasteiger partial charge in [0.15, 0.2) is 22.6 Å². The summed E-state index contributed by atoms with van der Waals surface area (Å²) in [6, 6.07) is 78.6. The third-order valence-electron chi connectivity index (χ3n) is 23.5. The van der Waals surface area contributed by atoms with E-state index in [-0.39, 0.29) is 40.3 Å². The zero-order valence-corrected chi connectivity index (χ0v) is 73.4. The zero-order valence-electron chi connectivity index (χ0n) is 73.4. The number of benzene rings is 6. The molecule has 1 atom stereocenters. The summed E-state index contributed by atoms with van der Waals surface area (Å²) >= 11 is 0. The number of H-pyrrole nitrogens is 3. The van der Waals surface area contributed by atoms with Gasteiger partial charge in [0.25, 0.3) is 23.6 Å². The second-order valence-electron chi connectivity index (χ2n) is 32.3. The summed E-state index contributed by atoms with van der Waals surface area (Å²) in [4.78, 5) is 119. The smallest absolute Gasteiger partial charge is 0.253 e. The molecule has 29 nitrogen and oxygen atoms in total. The Kier molecular flexibility index (Phi) is 26.0. The molecular formula is C105H93N21O8. The van der Waals surface area contributed by atoms with Crippen LogP contribution in [0.5, 0.6) is 0 Å². The first-order valence-electron chi connectivity index (χ1n) is 43.9. The van der Waals surface area contributed by atoms with Crippen LogP contribution in [0.15, 0.2) is 354 Å². The Labute approximate surface area is 768 Å². The molecule has 13 aromatic heterocycles. The SMILES string of the molecule is CCC(C)N1CCN(C(=O)c2ccc(Nc3ccc(-c4cc[nH]c(=O)c4)n4ccnc34)cc2)CC1.Cc1ccc(CNC(=O)c2ccc(Nc3ccc(-c4cc[nH]c(=O)c4)n4ccnc34)cc2)cc1.O=C(NCCc1cccnc1)c1ccc(Nc2ccc(-c3cc[nH]c(=O)c3)n3ccnc23)cc1.O=C1NCc2cc(-c3ccc(Nc4ccc(-c5ccco5)cc4)c4nccn34)ccc21. The van der Waals surface area contributed by atoms with E-state index in [1.807, 2.05) is 244 Å². The number of aromatic nitrogens is 12. The number of aromatic amines is 3. The van der Waals surface area contributed by atoms with Gasteiger partial charge in [0.1, 0.15) is 5.76 Å². The molecular weight excluding hydrogens is 1680 g/mol. The average molecular weight is 1780 g/mol. The second-order valence-corrected chi connectivity index (χ2v) is 32.3. The minimum absolute atomic E-state index is 0.00746. The lowest BCUT2D eigenvalue weighted by atomic mass is 10.0. The van der Waals surface area contributed by atoms with Crippen molar-refractivity contribution in [2.24, 2.45) is 0 Å². The lowest BCUT2D eigenvalue weighted by molar-refractivity contribution is 0.0579. The molecule has 0 radical (unpaired) electrons. The lowest BCUT2D eigenvalue weighted by Crippen LogP contribution is -2.51. The maximum atomic E-state index is 13.0. The van der Waals surface area contributed by atoms with Crippen LogP contribution in [0, 0.1) is 6.92 Å². The second kappa shape index (κ2) is 40.0. The number of carbonyl (C=O) groups is 4. The monoisotopic (exact) mass is 1780 g/mol. The fourth-order valence-electron chi connectivity index (χ4n) is 16.2. The number of carbonyl (C=O) groups excluding carboxylic acids is 4. The number of fused-ring (bicyclic) bond motifs is 5. The van der Waals surface area contributed by atoms with E-state index in [0.717, 1.165) is 186 Å². The Morgan fingerprint density at radius 2 is 0.866 bits per heavy atom. The number of imidazole rings is 4. The van der Waals surface area contributed by atoms with Crippen LogP contribution < -0.4 is 53.9 Å². The van der Waals surface area contributed by atoms with Gasteiger partial charge in [-0.2, -0.15) is 0 Å². The van der Waals surface area contributed by atoms with Gasteiger partial charge >= 0.3 is 0 Å². The number of aryl methyl sites for hydroxylation is 1. The molecule has 0 aliphatic carbocycles. The molecule has 10 N–H and O–H groups in total. The summed E-state index contributed by atoms with van der Waals surface area (Å²) in [5, 5.41) is 22.4. The van der Waals surface area contributed by atoms with Gasteiger partial charge in [-0.25, -0.2) is 19.9 Å². The summed E-state index contributed by atoms with van der Waals surface area (Å²) in [6.07, 6.45) is 26.5. The fourth-order valence-corrected chi connectivity index (χ4v) is 16.2. The molecule has 1 unspecified atom stereocenters. The predicted molar refractivity (Wildman–Crippen MR) is 522 cm³/mol. The first-order chi connectivity index (χ1) is 65.5. The van der Waals surface area contributed by atoms with Crippen molar-refractivity contribution in [3.05, 3.63) is 411 Å². The normalized spacial score (nSPS) is 12.4. The molecule has 29 heteroatoms. The summed E-state index contributed by atoms with van der Waals surface area (Å²) in [6.45, 7) is 11.5. The average Bonchev–Trinajstić information content (AvgIpc) is 1.59. The highest BCUT2D eigenvalue weighted by Gasteiger charge is 2.26. The zero-order chi connectivity index (χ0) is 92.0. The molecule has 0 spiro atoms. The third-order valence-corrected chi connectivity index (χ3v) is 23.5. The molecule has 15 heterocycles. The van der Waals surface area contributed by atoms with E-state index < -0.39 is 0 Å². The predicted octanol–water partition coefficient (Wildman–Crippen LogP) is 17.7. The van der Waals surface area contributed by atoms with Gasteiger partial charge in [-0.3, -0.25) is 61.0 Å². The molecule has 0 bridgehead atoms. The maximum Gasteiger partial charge on any atom is 0.253 e. The van der Waals surface area contributed by atoms with Gasteiger partial charge in [0.2, 0.25) is 16.7 Å². The van der Waals surface area contributed by atoms with Gasteiger partial charge in [0, 0.05) is 218 Å². The van der Waals surface area contributed by atoms with E-state index in [1.165, 1.54) is 5.56 Å². The van der Waals surface area contributed by atoms with Crippen molar-refractivity contribution < 1.29 is 23.6 Å². The van der Waals surface area contributed by atoms with Crippen molar-refractivity contribution in [3.8, 4) is 56.4 Å². The number of pyridine rings is 8. The van der Waals surface area contributed by atoms with Crippen LogP contribution in [0.25, 0.3) is 78.9 Å². The number of furan rings is 1. The number of hydrogen-bond acceptors (Lipinski definition) is 18. The van der Waals surface area contributed by atoms with Crippen LogP contribution in [0.4, 0.5) is 45.5 Å². The molecule has 2 aliphatic heterocycles. The van der Waals surface area contributed by atoms with Gasteiger partial charge in [-0.1, -0.05) is 48.9 Å². The molecule has 4 amide bonds. The highest BCUT2D eigenvalue weighted by atomic mass is 16.3. The molecule has 2 aliphatic rings. The van der Waals surface area contributed by atoms with Crippen LogP contribution >= 0.6 is 0 Å². The highest BCUT2D eigenvalue weighted by Crippen LogP contribution is 2.35. The number of rotatable bonds is 23. The van der Waals surface area contributed by atoms with Crippen molar-refractivity contribution in [1.29, 1.82) is 0 Å². The Balaban J connectivity index is 0.000000119. The molecule has 21 rings (SSSR count). The van der Waals surface area contributed by atoms with Crippen LogP contribution in [-0.4, -0.2) is 130 Å². The Morgan fingerprint density at radius 1 is 0.433 bits per heavy atom. The highest BCUT2D eigenvalue weighted by molar-refractivity contribution is 5.99. The standard InChI is InChI=1S/C27H30N6O2.C27H23N5O2.C26H22N6O2.C25H18N4O2/c1-3-19(2)31-14-16-32(17-15-31)27(35)20-4-6-22(7-5-20)30-23-8-9-24(33-13-12-29-26(23)33)21-10-11-28-25(34)18-21;1-18-2-4-19(5-3-18)17-30-27(34)20-6-8-22(9-7-20)31-23-10-11-24(32-15-14-29-26(23)32)21-12-13-28-25(33)16-21;33-24-16-20(10-13-28-24)23-8-7-22(25-29-14-15-32(23)25)31-21-5-3-19(4-6-21)26(34)30-12-9-18-2-1-11-27-17-18;30-25-20-8-5-17(14-18(20)15-27-25)22-10-9-21(24-26-11-12-29(22)24)28-19-6-3-16(4-7-19)23-2-1-13-31-23/h4-13,18-19,30H,3,14-17H2,1-2H3,(H,28,34);2-16,31H,17H2,1H3,(H,28,33)(H,30,34);1-8,10-11,13-17,31H,9,12H2,(H,28,33)(H,30,34);1-14,28H,15H2,(H,27,30). The summed E-state index contributed by atoms with van der Waals surface area (Å²) in [7, 11) is 0. The first-order valence-corrected chi connectivity index (χ1v) is 43.9. The van der Waals surface area contributed by atoms with Crippen LogP contribution in [0.1, 0.15) is 84.0 Å². The maximum absolute atomic E-state index is 13.0. The Bertz CT molecular complexity index is 7610. The minimum Gasteiger partial charge on any atom is -0.464 e. The number of nitrogens with zero attached hydrogens (tertiary/aromatic N) is 11. The first kappa shape index (κ1) is 87.1. The van der Waals surface area contributed by atoms with E-state index in [1.54, 1.807) is 104 Å². The van der Waals surface area contributed by atoms with Crippen molar-refractivity contribution in [2.45, 2.75) is 52.7 Å². The molecule has 19 aromatic rings. The largest absolute Gasteiger partial charge is 0.464 e. The molecule has 0 saturated carbocycles. The third kappa shape index (κ3) is 20.1. The van der Waals surface area contributed by atoms with Gasteiger partial charge in [-0.05, 0) is 243 Å². The minimum atomic E-state index is -0.158. The van der Waals surface area contributed by atoms with Gasteiger partial charge in [0.05, 0.1) is 51.8 Å². The quantitative estimate of drug-likeness (QED) is 0.0284. The topological polar surface area (TPSA) is 353 Å². The molecule has 134 heavy (non-hydrogen) atoms. The van der Waals surface area contributed by atoms with Gasteiger partial charge < -0.3 is 61.5 Å². The van der Waals surface area contributed by atoms with Crippen molar-refractivity contribution >= 4 is 91.7 Å². The van der Waals surface area contributed by atoms with Gasteiger partial charge in [-0.15, -0.1) is 0 Å². The summed E-state index contributed by atoms with van der Waals surface area (Å²) < 4.78 is 13.3. The molecule has 1 saturated heterocycles. The van der Waals surface area contributed by atoms with Crippen LogP contribution in [-0.2, 0) is 19.5 Å². The summed E-state index contributed by atoms with van der Waals surface area (Å²) in [5.41, 5.74) is 24.6. The fraction of sp³-hybridized carbons (Fsp3) is 0.124. The van der Waals surface area contributed by atoms with Crippen LogP contribution in [0.3, 0.4) is 0 Å². The number of amides is 4.